The van der Waals surface area contributed by atoms with Crippen LogP contribution in [0.25, 0.3) is 0 Å². The number of benzene rings is 2. The number of methoxy groups -OCH3 is 1. The smallest absolute Gasteiger partial charge is 0.373 e. The minimum absolute atomic E-state index is 0.00590. The minimum atomic E-state index is -5.30. The standard InChI is InChI=1S/C23H26F3NO7S/c1-22(2,3)21(30)27-16-6-8-17(15(11-16)12-35(31,32)23(25,26)13-24)34-19-9-14(10-20(28)29)5-7-18(19)33-4/h5-9,11H,10,12-13H2,1-4H3,(H,27,30)(H,28,29). The first-order valence-electron chi connectivity index (χ1n) is 10.3. The van der Waals surface area contributed by atoms with Gasteiger partial charge in [-0.1, -0.05) is 26.8 Å². The summed E-state index contributed by atoms with van der Waals surface area (Å²) in [7, 11) is -3.98. The van der Waals surface area contributed by atoms with Gasteiger partial charge in [-0.25, -0.2) is 12.8 Å². The molecule has 0 unspecified atom stereocenters. The minimum Gasteiger partial charge on any atom is -0.493 e. The largest absolute Gasteiger partial charge is 0.493 e. The zero-order valence-electron chi connectivity index (χ0n) is 19.5. The highest BCUT2D eigenvalue weighted by Gasteiger charge is 2.45. The van der Waals surface area contributed by atoms with E-state index in [1.165, 1.54) is 37.4 Å². The van der Waals surface area contributed by atoms with Crippen LogP contribution >= 0.6 is 0 Å². The maximum Gasteiger partial charge on any atom is 0.373 e. The van der Waals surface area contributed by atoms with Gasteiger partial charge in [0.15, 0.2) is 18.2 Å². The number of ether oxygens (including phenoxy) is 2. The highest BCUT2D eigenvalue weighted by molar-refractivity contribution is 7.91. The van der Waals surface area contributed by atoms with Gasteiger partial charge < -0.3 is 19.9 Å². The molecule has 35 heavy (non-hydrogen) atoms. The third-order valence-electron chi connectivity index (χ3n) is 4.76. The van der Waals surface area contributed by atoms with Crippen molar-refractivity contribution < 1.29 is 45.8 Å². The fourth-order valence-corrected chi connectivity index (χ4v) is 3.80. The van der Waals surface area contributed by atoms with Gasteiger partial charge in [0.25, 0.3) is 0 Å². The van der Waals surface area contributed by atoms with Crippen molar-refractivity contribution in [1.29, 1.82) is 0 Å². The van der Waals surface area contributed by atoms with E-state index in [9.17, 15) is 31.2 Å². The molecule has 0 atom stereocenters. The molecule has 0 heterocycles. The molecular formula is C23H26F3NO7S. The summed E-state index contributed by atoms with van der Waals surface area (Å²) in [5.74, 6) is -2.86. The van der Waals surface area contributed by atoms with Crippen LogP contribution in [0.1, 0.15) is 31.9 Å². The van der Waals surface area contributed by atoms with Gasteiger partial charge >= 0.3 is 11.2 Å². The monoisotopic (exact) mass is 517 g/mol. The Kier molecular flexibility index (Phi) is 8.43. The number of carbonyl (C=O) groups is 2. The number of sulfone groups is 1. The number of alkyl halides is 3. The lowest BCUT2D eigenvalue weighted by atomic mass is 9.95. The van der Waals surface area contributed by atoms with Gasteiger partial charge in [0.05, 0.1) is 19.3 Å². The van der Waals surface area contributed by atoms with Crippen molar-refractivity contribution >= 4 is 27.4 Å². The first kappa shape index (κ1) is 28.0. The number of hydrogen-bond donors (Lipinski definition) is 2. The van der Waals surface area contributed by atoms with Gasteiger partial charge in [0.1, 0.15) is 5.75 Å². The number of carboxylic acid groups (broad SMARTS) is 1. The summed E-state index contributed by atoms with van der Waals surface area (Å²) in [6.45, 7) is 2.52. The summed E-state index contributed by atoms with van der Waals surface area (Å²) in [4.78, 5) is 23.4. The number of anilines is 1. The summed E-state index contributed by atoms with van der Waals surface area (Å²) >= 11 is 0. The Morgan fingerprint density at radius 1 is 1.03 bits per heavy atom. The number of rotatable bonds is 10. The van der Waals surface area contributed by atoms with Crippen molar-refractivity contribution in [3.8, 4) is 17.2 Å². The van der Waals surface area contributed by atoms with Crippen molar-refractivity contribution in [3.05, 3.63) is 47.5 Å². The number of carboxylic acids is 1. The summed E-state index contributed by atoms with van der Waals surface area (Å²) in [6.07, 6.45) is -0.345. The van der Waals surface area contributed by atoms with Crippen LogP contribution in [-0.2, 0) is 31.6 Å². The molecule has 0 aliphatic heterocycles. The molecule has 8 nitrogen and oxygen atoms in total. The van der Waals surface area contributed by atoms with Crippen molar-refractivity contribution in [2.24, 2.45) is 5.41 Å². The van der Waals surface area contributed by atoms with Crippen molar-refractivity contribution in [1.82, 2.24) is 0 Å². The van der Waals surface area contributed by atoms with Crippen LogP contribution in [0.3, 0.4) is 0 Å². The molecule has 2 aromatic carbocycles. The van der Waals surface area contributed by atoms with E-state index in [0.717, 1.165) is 6.07 Å². The molecule has 0 saturated carbocycles. The second kappa shape index (κ2) is 10.5. The van der Waals surface area contributed by atoms with Gasteiger partial charge in [-0.05, 0) is 35.9 Å². The molecule has 2 rings (SSSR count). The third kappa shape index (κ3) is 7.10. The van der Waals surface area contributed by atoms with E-state index in [1.807, 2.05) is 0 Å². The van der Waals surface area contributed by atoms with Crippen LogP contribution in [-0.4, -0.2) is 44.4 Å². The number of halogens is 3. The molecule has 2 aromatic rings. The summed E-state index contributed by atoms with van der Waals surface area (Å²) in [5, 5.41) is 6.96. The predicted molar refractivity (Wildman–Crippen MR) is 122 cm³/mol. The Balaban J connectivity index is 2.56. The van der Waals surface area contributed by atoms with E-state index in [0.29, 0.717) is 5.56 Å². The zero-order valence-corrected chi connectivity index (χ0v) is 20.3. The maximum atomic E-state index is 13.8. The van der Waals surface area contributed by atoms with Gasteiger partial charge in [0, 0.05) is 16.7 Å². The number of carbonyl (C=O) groups excluding carboxylic acids is 1. The Labute approximate surface area is 201 Å². The number of aliphatic carboxylic acids is 1. The van der Waals surface area contributed by atoms with Crippen LogP contribution in [0.4, 0.5) is 18.9 Å². The fourth-order valence-electron chi connectivity index (χ4n) is 2.79. The van der Waals surface area contributed by atoms with Gasteiger partial charge in [-0.3, -0.25) is 9.59 Å². The SMILES string of the molecule is COc1ccc(CC(=O)O)cc1Oc1ccc(NC(=O)C(C)(C)C)cc1CS(=O)(=O)C(F)(F)CF. The first-order chi connectivity index (χ1) is 16.1. The average molecular weight is 518 g/mol. The predicted octanol–water partition coefficient (Wildman–Crippen LogP) is 4.58. The second-order valence-corrected chi connectivity index (χ2v) is 10.8. The van der Waals surface area contributed by atoms with E-state index < -0.39 is 44.8 Å². The second-order valence-electron chi connectivity index (χ2n) is 8.71. The molecule has 0 aliphatic carbocycles. The zero-order chi connectivity index (χ0) is 26.6. The number of amides is 1. The van der Waals surface area contributed by atoms with Crippen molar-refractivity contribution in [2.45, 2.75) is 38.2 Å². The Bertz CT molecular complexity index is 1210. The molecular weight excluding hydrogens is 491 g/mol. The molecule has 2 N–H and O–H groups in total. The normalized spacial score (nSPS) is 12.2. The topological polar surface area (TPSA) is 119 Å². The molecule has 0 aliphatic rings. The quantitative estimate of drug-likeness (QED) is 0.474. The average Bonchev–Trinajstić information content (AvgIpc) is 2.74. The molecule has 0 saturated heterocycles. The van der Waals surface area contributed by atoms with E-state index >= 15 is 0 Å². The third-order valence-corrected chi connectivity index (χ3v) is 6.47. The Hall–Kier alpha value is -3.28. The molecule has 12 heteroatoms. The van der Waals surface area contributed by atoms with Crippen molar-refractivity contribution in [2.75, 3.05) is 19.1 Å². The summed E-state index contributed by atoms with van der Waals surface area (Å²) in [6, 6.07) is 8.02. The van der Waals surface area contributed by atoms with Crippen LogP contribution in [0.15, 0.2) is 36.4 Å². The van der Waals surface area contributed by atoms with Crippen molar-refractivity contribution in [3.63, 3.8) is 0 Å². The van der Waals surface area contributed by atoms with Crippen LogP contribution < -0.4 is 14.8 Å². The van der Waals surface area contributed by atoms with Crippen LogP contribution in [0.5, 0.6) is 17.2 Å². The molecule has 0 spiro atoms. The molecule has 0 bridgehead atoms. The molecule has 1 amide bonds. The van der Waals surface area contributed by atoms with E-state index in [1.54, 1.807) is 20.8 Å². The lowest BCUT2D eigenvalue weighted by Crippen LogP contribution is -2.32. The van der Waals surface area contributed by atoms with Gasteiger partial charge in [-0.15, -0.1) is 0 Å². The van der Waals surface area contributed by atoms with Gasteiger partial charge in [0.2, 0.25) is 15.7 Å². The Morgan fingerprint density at radius 2 is 1.66 bits per heavy atom. The molecule has 0 aromatic heterocycles. The lowest BCUT2D eigenvalue weighted by molar-refractivity contribution is -0.136. The highest BCUT2D eigenvalue weighted by Crippen LogP contribution is 2.37. The highest BCUT2D eigenvalue weighted by atomic mass is 32.2. The summed E-state index contributed by atoms with van der Waals surface area (Å²) < 4.78 is 75.7. The van der Waals surface area contributed by atoms with Crippen LogP contribution in [0.2, 0.25) is 0 Å². The lowest BCUT2D eigenvalue weighted by Gasteiger charge is -2.20. The van der Waals surface area contributed by atoms with E-state index in [2.05, 4.69) is 5.32 Å². The molecule has 0 radical (unpaired) electrons. The number of nitrogens with one attached hydrogen (secondary N) is 1. The van der Waals surface area contributed by atoms with Gasteiger partial charge in [-0.2, -0.15) is 8.78 Å². The Morgan fingerprint density at radius 3 is 2.20 bits per heavy atom. The molecule has 0 fully saturated rings. The molecule has 192 valence electrons. The summed E-state index contributed by atoms with van der Waals surface area (Å²) in [5.41, 5.74) is -0.644. The maximum absolute atomic E-state index is 13.8. The van der Waals surface area contributed by atoms with E-state index in [4.69, 9.17) is 14.6 Å². The number of hydrogen-bond acceptors (Lipinski definition) is 6. The van der Waals surface area contributed by atoms with Crippen LogP contribution in [0, 0.1) is 5.41 Å². The first-order valence-corrected chi connectivity index (χ1v) is 11.9. The fraction of sp³-hybridized carbons (Fsp3) is 0.391. The van der Waals surface area contributed by atoms with E-state index in [-0.39, 0.29) is 34.9 Å².